The minimum Gasteiger partial charge on any atom is -0.361 e. The van der Waals surface area contributed by atoms with Crippen LogP contribution in [-0.2, 0) is 9.59 Å². The third kappa shape index (κ3) is 2.90. The molecule has 0 saturated heterocycles. The maximum atomic E-state index is 10.9. The van der Waals surface area contributed by atoms with E-state index in [4.69, 9.17) is 28.9 Å². The zero-order chi connectivity index (χ0) is 10.7. The van der Waals surface area contributed by atoms with Crippen LogP contribution >= 0.6 is 23.2 Å². The lowest BCUT2D eigenvalue weighted by Crippen LogP contribution is -2.29. The van der Waals surface area contributed by atoms with Crippen molar-refractivity contribution in [1.82, 2.24) is 0 Å². The van der Waals surface area contributed by atoms with Gasteiger partial charge in [-0.25, -0.2) is 0 Å². The maximum Gasteiger partial charge on any atom is 0.313 e. The van der Waals surface area contributed by atoms with Crippen molar-refractivity contribution in [3.8, 4) is 0 Å². The second-order valence-electron chi connectivity index (χ2n) is 2.48. The van der Waals surface area contributed by atoms with Crippen LogP contribution in [0.2, 0.25) is 10.0 Å². The Morgan fingerprint density at radius 1 is 1.14 bits per heavy atom. The standard InChI is InChI=1S/C8H6Cl2N2O2/c9-4-1-5(10)3-6(2-4)12-8(14)7(11)13/h1-3H,(H2,11,13)(H,12,14). The molecule has 0 aliphatic heterocycles. The third-order valence-corrected chi connectivity index (χ3v) is 1.78. The molecule has 1 aromatic rings. The van der Waals surface area contributed by atoms with E-state index in [1.165, 1.54) is 18.2 Å². The molecule has 0 bridgehead atoms. The molecule has 0 fully saturated rings. The lowest BCUT2D eigenvalue weighted by Gasteiger charge is -2.03. The highest BCUT2D eigenvalue weighted by Gasteiger charge is 2.09. The van der Waals surface area contributed by atoms with Gasteiger partial charge >= 0.3 is 11.8 Å². The van der Waals surface area contributed by atoms with Gasteiger partial charge in [0.25, 0.3) is 0 Å². The molecule has 0 aromatic heterocycles. The smallest absolute Gasteiger partial charge is 0.313 e. The number of benzene rings is 1. The first-order valence-corrected chi connectivity index (χ1v) is 4.31. The lowest BCUT2D eigenvalue weighted by molar-refractivity contribution is -0.134. The van der Waals surface area contributed by atoms with E-state index in [2.05, 4.69) is 5.32 Å². The van der Waals surface area contributed by atoms with Gasteiger partial charge in [0.15, 0.2) is 0 Å². The van der Waals surface area contributed by atoms with Gasteiger partial charge in [0.1, 0.15) is 0 Å². The molecule has 3 N–H and O–H groups in total. The van der Waals surface area contributed by atoms with Crippen molar-refractivity contribution in [1.29, 1.82) is 0 Å². The fraction of sp³-hybridized carbons (Fsp3) is 0. The summed E-state index contributed by atoms with van der Waals surface area (Å²) in [5.41, 5.74) is 5.07. The van der Waals surface area contributed by atoms with Gasteiger partial charge in [-0.15, -0.1) is 0 Å². The van der Waals surface area contributed by atoms with Crippen molar-refractivity contribution in [2.24, 2.45) is 5.73 Å². The molecular weight excluding hydrogens is 227 g/mol. The first-order chi connectivity index (χ1) is 6.49. The van der Waals surface area contributed by atoms with Crippen LogP contribution in [0, 0.1) is 0 Å². The van der Waals surface area contributed by atoms with Crippen molar-refractivity contribution < 1.29 is 9.59 Å². The van der Waals surface area contributed by atoms with Crippen molar-refractivity contribution in [3.63, 3.8) is 0 Å². The molecule has 4 nitrogen and oxygen atoms in total. The second-order valence-corrected chi connectivity index (χ2v) is 3.35. The Morgan fingerprint density at radius 2 is 1.64 bits per heavy atom. The van der Waals surface area contributed by atoms with Gasteiger partial charge < -0.3 is 11.1 Å². The molecule has 0 aliphatic carbocycles. The van der Waals surface area contributed by atoms with Gasteiger partial charge in [0, 0.05) is 15.7 Å². The zero-order valence-electron chi connectivity index (χ0n) is 6.88. The number of hydrogen-bond donors (Lipinski definition) is 2. The van der Waals surface area contributed by atoms with E-state index in [1.807, 2.05) is 0 Å². The molecule has 0 spiro atoms. The van der Waals surface area contributed by atoms with Gasteiger partial charge in [0.2, 0.25) is 0 Å². The first-order valence-electron chi connectivity index (χ1n) is 3.56. The number of amides is 2. The highest BCUT2D eigenvalue weighted by Crippen LogP contribution is 2.22. The monoisotopic (exact) mass is 232 g/mol. The SMILES string of the molecule is NC(=O)C(=O)Nc1cc(Cl)cc(Cl)c1. The number of nitrogens with two attached hydrogens (primary N) is 1. The van der Waals surface area contributed by atoms with E-state index in [1.54, 1.807) is 0 Å². The molecular formula is C8H6Cl2N2O2. The van der Waals surface area contributed by atoms with Crippen LogP contribution in [0.1, 0.15) is 0 Å². The van der Waals surface area contributed by atoms with Crippen LogP contribution in [0.15, 0.2) is 18.2 Å². The molecule has 1 aromatic carbocycles. The Labute approximate surface area is 90.0 Å². The van der Waals surface area contributed by atoms with Crippen molar-refractivity contribution in [2.45, 2.75) is 0 Å². The molecule has 14 heavy (non-hydrogen) atoms. The minimum atomic E-state index is -1.07. The summed E-state index contributed by atoms with van der Waals surface area (Å²) in [6.45, 7) is 0. The Morgan fingerprint density at radius 3 is 2.07 bits per heavy atom. The Balaban J connectivity index is 2.87. The average molecular weight is 233 g/mol. The van der Waals surface area contributed by atoms with Gasteiger partial charge in [-0.05, 0) is 18.2 Å². The zero-order valence-corrected chi connectivity index (χ0v) is 8.39. The van der Waals surface area contributed by atoms with E-state index in [0.717, 1.165) is 0 Å². The summed E-state index contributed by atoms with van der Waals surface area (Å²) in [5.74, 6) is -1.98. The molecule has 0 saturated carbocycles. The van der Waals surface area contributed by atoms with Gasteiger partial charge in [-0.3, -0.25) is 9.59 Å². The van der Waals surface area contributed by atoms with Crippen molar-refractivity contribution >= 4 is 40.7 Å². The van der Waals surface area contributed by atoms with E-state index < -0.39 is 11.8 Å². The largest absolute Gasteiger partial charge is 0.361 e. The number of anilines is 1. The minimum absolute atomic E-state index is 0.325. The topological polar surface area (TPSA) is 72.2 Å². The van der Waals surface area contributed by atoms with Crippen LogP contribution in [0.25, 0.3) is 0 Å². The van der Waals surface area contributed by atoms with E-state index in [-0.39, 0.29) is 0 Å². The van der Waals surface area contributed by atoms with Gasteiger partial charge in [-0.1, -0.05) is 23.2 Å². The van der Waals surface area contributed by atoms with Crippen LogP contribution in [0.4, 0.5) is 5.69 Å². The maximum absolute atomic E-state index is 10.9. The molecule has 0 heterocycles. The fourth-order valence-electron chi connectivity index (χ4n) is 0.819. The summed E-state index contributed by atoms with van der Waals surface area (Å²) in [5, 5.41) is 2.96. The number of carbonyl (C=O) groups is 2. The average Bonchev–Trinajstić information content (AvgIpc) is 2.01. The molecule has 0 radical (unpaired) electrons. The normalized spacial score (nSPS) is 9.57. The first kappa shape index (κ1) is 10.8. The van der Waals surface area contributed by atoms with Crippen LogP contribution in [0.3, 0.4) is 0 Å². The summed E-state index contributed by atoms with van der Waals surface area (Å²) in [6, 6.07) is 4.41. The molecule has 0 unspecified atom stereocenters. The Kier molecular flexibility index (Phi) is 3.33. The highest BCUT2D eigenvalue weighted by atomic mass is 35.5. The lowest BCUT2D eigenvalue weighted by atomic mass is 10.3. The molecule has 74 valence electrons. The number of carbonyl (C=O) groups excluding carboxylic acids is 2. The molecule has 2 amide bonds. The van der Waals surface area contributed by atoms with Crippen LogP contribution in [0.5, 0.6) is 0 Å². The van der Waals surface area contributed by atoms with Crippen molar-refractivity contribution in [3.05, 3.63) is 28.2 Å². The van der Waals surface area contributed by atoms with E-state index >= 15 is 0 Å². The van der Waals surface area contributed by atoms with Gasteiger partial charge in [-0.2, -0.15) is 0 Å². The number of primary amides is 1. The number of hydrogen-bond acceptors (Lipinski definition) is 2. The Hall–Kier alpha value is -1.26. The number of rotatable bonds is 1. The fourth-order valence-corrected chi connectivity index (χ4v) is 1.34. The molecule has 0 atom stereocenters. The van der Waals surface area contributed by atoms with Crippen LogP contribution < -0.4 is 11.1 Å². The second kappa shape index (κ2) is 4.30. The Bertz CT molecular complexity index is 373. The van der Waals surface area contributed by atoms with E-state index in [9.17, 15) is 9.59 Å². The third-order valence-electron chi connectivity index (χ3n) is 1.34. The predicted octanol–water partition coefficient (Wildman–Crippen LogP) is 1.42. The summed E-state index contributed by atoms with van der Waals surface area (Å²) in [4.78, 5) is 21.3. The molecule has 1 rings (SSSR count). The molecule has 6 heteroatoms. The van der Waals surface area contributed by atoms with Crippen LogP contribution in [-0.4, -0.2) is 11.8 Å². The van der Waals surface area contributed by atoms with E-state index in [0.29, 0.717) is 15.7 Å². The summed E-state index contributed by atoms with van der Waals surface area (Å²) in [7, 11) is 0. The highest BCUT2D eigenvalue weighted by molar-refractivity contribution is 6.39. The quantitative estimate of drug-likeness (QED) is 0.720. The predicted molar refractivity (Wildman–Crippen MR) is 54.3 cm³/mol. The summed E-state index contributed by atoms with van der Waals surface area (Å²) < 4.78 is 0. The van der Waals surface area contributed by atoms with Crippen molar-refractivity contribution in [2.75, 3.05) is 5.32 Å². The summed E-state index contributed by atoms with van der Waals surface area (Å²) >= 11 is 11.3. The number of nitrogens with one attached hydrogen (secondary N) is 1. The molecule has 0 aliphatic rings. The van der Waals surface area contributed by atoms with Gasteiger partial charge in [0.05, 0.1) is 0 Å². The number of halogens is 2. The summed E-state index contributed by atoms with van der Waals surface area (Å²) in [6.07, 6.45) is 0.